The molecule has 0 spiro atoms. The molecule has 3 nitrogen and oxygen atoms in total. The Bertz CT molecular complexity index is 364. The van der Waals surface area contributed by atoms with Gasteiger partial charge >= 0.3 is 5.97 Å². The number of carboxylic acids is 1. The summed E-state index contributed by atoms with van der Waals surface area (Å²) in [4.78, 5) is 11.4. The predicted molar refractivity (Wildman–Crippen MR) is 67.6 cm³/mol. The number of rotatable bonds is 4. The molecule has 1 heterocycles. The van der Waals surface area contributed by atoms with E-state index < -0.39 is 5.97 Å². The Morgan fingerprint density at radius 3 is 2.71 bits per heavy atom. The summed E-state index contributed by atoms with van der Waals surface area (Å²) in [6.45, 7) is 0.440. The Labute approximate surface area is 105 Å². The lowest BCUT2D eigenvalue weighted by Gasteiger charge is -2.15. The van der Waals surface area contributed by atoms with Crippen LogP contribution in [0.25, 0.3) is 0 Å². The van der Waals surface area contributed by atoms with Crippen molar-refractivity contribution in [2.24, 2.45) is 0 Å². The lowest BCUT2D eigenvalue weighted by atomic mass is 10.1. The van der Waals surface area contributed by atoms with Gasteiger partial charge in [-0.15, -0.1) is 11.3 Å². The Balaban J connectivity index is 1.88. The second kappa shape index (κ2) is 6.17. The normalized spacial score (nSPS) is 17.9. The van der Waals surface area contributed by atoms with E-state index in [1.54, 1.807) is 0 Å². The highest BCUT2D eigenvalue weighted by Crippen LogP contribution is 2.23. The number of hydrogen-bond acceptors (Lipinski definition) is 3. The zero-order valence-electron chi connectivity index (χ0n) is 9.85. The Morgan fingerprint density at radius 2 is 2.06 bits per heavy atom. The molecule has 0 saturated heterocycles. The lowest BCUT2D eigenvalue weighted by molar-refractivity contribution is 0.0302. The van der Waals surface area contributed by atoms with Gasteiger partial charge in [0.15, 0.2) is 0 Å². The van der Waals surface area contributed by atoms with E-state index in [1.807, 2.05) is 11.4 Å². The van der Waals surface area contributed by atoms with Gasteiger partial charge in [0.1, 0.15) is 4.88 Å². The molecule has 0 atom stereocenters. The molecule has 17 heavy (non-hydrogen) atoms. The fraction of sp³-hybridized carbons (Fsp3) is 0.615. The van der Waals surface area contributed by atoms with Gasteiger partial charge in [0, 0.05) is 5.56 Å². The highest BCUT2D eigenvalue weighted by Gasteiger charge is 2.16. The first-order valence-corrected chi connectivity index (χ1v) is 7.06. The van der Waals surface area contributed by atoms with E-state index in [-0.39, 0.29) is 0 Å². The maximum atomic E-state index is 10.9. The van der Waals surface area contributed by atoms with Crippen LogP contribution in [-0.2, 0) is 11.3 Å². The Hall–Kier alpha value is -0.870. The maximum Gasteiger partial charge on any atom is 0.346 e. The van der Waals surface area contributed by atoms with Gasteiger partial charge in [0.05, 0.1) is 12.7 Å². The number of carboxylic acid groups (broad SMARTS) is 1. The highest BCUT2D eigenvalue weighted by molar-refractivity contribution is 7.12. The van der Waals surface area contributed by atoms with Gasteiger partial charge in [0.2, 0.25) is 0 Å². The number of aromatic carboxylic acids is 1. The summed E-state index contributed by atoms with van der Waals surface area (Å²) in [6.07, 6.45) is 7.63. The van der Waals surface area contributed by atoms with Crippen molar-refractivity contribution in [3.8, 4) is 0 Å². The van der Waals surface area contributed by atoms with Crippen LogP contribution in [0, 0.1) is 0 Å². The third-order valence-corrected chi connectivity index (χ3v) is 4.16. The molecule has 1 N–H and O–H groups in total. The van der Waals surface area contributed by atoms with Crippen LogP contribution in [0.1, 0.15) is 53.8 Å². The van der Waals surface area contributed by atoms with E-state index in [4.69, 9.17) is 9.84 Å². The first kappa shape index (κ1) is 12.6. The second-order valence-corrected chi connectivity index (χ2v) is 5.42. The van der Waals surface area contributed by atoms with Gasteiger partial charge in [-0.1, -0.05) is 25.7 Å². The van der Waals surface area contributed by atoms with Crippen LogP contribution >= 0.6 is 11.3 Å². The molecule has 0 aromatic carbocycles. The third kappa shape index (κ3) is 3.54. The summed E-state index contributed by atoms with van der Waals surface area (Å²) in [5, 5.41) is 10.8. The van der Waals surface area contributed by atoms with Gasteiger partial charge in [-0.25, -0.2) is 4.79 Å². The standard InChI is InChI=1S/C13H18O3S/c14-13(15)12-10(7-8-17-12)9-16-11-5-3-1-2-4-6-11/h7-8,11H,1-6,9H2,(H,14,15). The van der Waals surface area contributed by atoms with Crippen LogP contribution in [0.15, 0.2) is 11.4 Å². The molecule has 0 bridgehead atoms. The average molecular weight is 254 g/mol. The van der Waals surface area contributed by atoms with Gasteiger partial charge < -0.3 is 9.84 Å². The van der Waals surface area contributed by atoms with Crippen LogP contribution in [0.4, 0.5) is 0 Å². The van der Waals surface area contributed by atoms with Crippen LogP contribution in [0.5, 0.6) is 0 Å². The summed E-state index contributed by atoms with van der Waals surface area (Å²) >= 11 is 1.27. The van der Waals surface area contributed by atoms with Crippen molar-refractivity contribution in [3.63, 3.8) is 0 Å². The highest BCUT2D eigenvalue weighted by atomic mass is 32.1. The Morgan fingerprint density at radius 1 is 1.35 bits per heavy atom. The molecular formula is C13H18O3S. The van der Waals surface area contributed by atoms with E-state index in [0.717, 1.165) is 18.4 Å². The summed E-state index contributed by atoms with van der Waals surface area (Å²) in [5.74, 6) is -0.848. The van der Waals surface area contributed by atoms with Crippen molar-refractivity contribution < 1.29 is 14.6 Å². The van der Waals surface area contributed by atoms with Crippen LogP contribution in [-0.4, -0.2) is 17.2 Å². The van der Waals surface area contributed by atoms with E-state index >= 15 is 0 Å². The van der Waals surface area contributed by atoms with Crippen molar-refractivity contribution in [2.45, 2.75) is 51.2 Å². The molecular weight excluding hydrogens is 236 g/mol. The fourth-order valence-electron chi connectivity index (χ4n) is 2.25. The molecule has 1 saturated carbocycles. The SMILES string of the molecule is O=C(O)c1sccc1COC1CCCCCC1. The summed E-state index contributed by atoms with van der Waals surface area (Å²) in [5.41, 5.74) is 0.812. The zero-order chi connectivity index (χ0) is 12.1. The molecule has 1 aliphatic carbocycles. The number of ether oxygens (including phenoxy) is 1. The van der Waals surface area contributed by atoms with Gasteiger partial charge in [-0.05, 0) is 24.3 Å². The van der Waals surface area contributed by atoms with Crippen molar-refractivity contribution in [2.75, 3.05) is 0 Å². The molecule has 2 rings (SSSR count). The van der Waals surface area contributed by atoms with E-state index in [1.165, 1.54) is 37.0 Å². The summed E-state index contributed by atoms with van der Waals surface area (Å²) in [7, 11) is 0. The Kier molecular flexibility index (Phi) is 4.57. The van der Waals surface area contributed by atoms with Gasteiger partial charge in [-0.2, -0.15) is 0 Å². The van der Waals surface area contributed by atoms with Crippen molar-refractivity contribution in [1.82, 2.24) is 0 Å². The van der Waals surface area contributed by atoms with Crippen molar-refractivity contribution >= 4 is 17.3 Å². The zero-order valence-corrected chi connectivity index (χ0v) is 10.7. The predicted octanol–water partition coefficient (Wildman–Crippen LogP) is 3.69. The van der Waals surface area contributed by atoms with Gasteiger partial charge in [0.25, 0.3) is 0 Å². The number of hydrogen-bond donors (Lipinski definition) is 1. The topological polar surface area (TPSA) is 46.5 Å². The fourth-order valence-corrected chi connectivity index (χ4v) is 3.00. The molecule has 1 aromatic heterocycles. The molecule has 1 aromatic rings. The number of carbonyl (C=O) groups is 1. The third-order valence-electron chi connectivity index (χ3n) is 3.22. The first-order valence-electron chi connectivity index (χ1n) is 6.18. The molecule has 1 fully saturated rings. The molecule has 0 unspecified atom stereocenters. The maximum absolute atomic E-state index is 10.9. The van der Waals surface area contributed by atoms with Crippen LogP contribution < -0.4 is 0 Å². The largest absolute Gasteiger partial charge is 0.477 e. The smallest absolute Gasteiger partial charge is 0.346 e. The minimum atomic E-state index is -0.848. The molecule has 0 aliphatic heterocycles. The molecule has 0 amide bonds. The molecule has 94 valence electrons. The lowest BCUT2D eigenvalue weighted by Crippen LogP contribution is -2.12. The molecule has 0 radical (unpaired) electrons. The molecule has 1 aliphatic rings. The van der Waals surface area contributed by atoms with E-state index in [9.17, 15) is 4.79 Å². The molecule has 4 heteroatoms. The second-order valence-electron chi connectivity index (χ2n) is 4.50. The minimum Gasteiger partial charge on any atom is -0.477 e. The minimum absolute atomic E-state index is 0.319. The summed E-state index contributed by atoms with van der Waals surface area (Å²) in [6, 6.07) is 1.85. The average Bonchev–Trinajstić information content (AvgIpc) is 2.63. The van der Waals surface area contributed by atoms with E-state index in [2.05, 4.69) is 0 Å². The van der Waals surface area contributed by atoms with Crippen molar-refractivity contribution in [1.29, 1.82) is 0 Å². The summed E-state index contributed by atoms with van der Waals surface area (Å²) < 4.78 is 5.84. The van der Waals surface area contributed by atoms with Crippen LogP contribution in [0.3, 0.4) is 0 Å². The van der Waals surface area contributed by atoms with Crippen LogP contribution in [0.2, 0.25) is 0 Å². The van der Waals surface area contributed by atoms with E-state index in [0.29, 0.717) is 17.6 Å². The monoisotopic (exact) mass is 254 g/mol. The first-order chi connectivity index (χ1) is 8.27. The number of thiophene rings is 1. The quantitative estimate of drug-likeness (QED) is 0.834. The van der Waals surface area contributed by atoms with Gasteiger partial charge in [-0.3, -0.25) is 0 Å². The van der Waals surface area contributed by atoms with Crippen molar-refractivity contribution in [3.05, 3.63) is 21.9 Å².